The van der Waals surface area contributed by atoms with E-state index >= 15 is 0 Å². The van der Waals surface area contributed by atoms with E-state index in [4.69, 9.17) is 9.26 Å². The van der Waals surface area contributed by atoms with Gasteiger partial charge in [0.25, 0.3) is 0 Å². The molecule has 5 nitrogen and oxygen atoms in total. The summed E-state index contributed by atoms with van der Waals surface area (Å²) in [6.07, 6.45) is 3.19. The van der Waals surface area contributed by atoms with E-state index in [0.29, 0.717) is 30.7 Å². The van der Waals surface area contributed by atoms with E-state index < -0.39 is 0 Å². The standard InChI is InChI=1S/C16H18N2O3/c19-13(10-5-6-10)8-15-17-16(18-21-15)12-7-11-3-1-2-4-14(11)20-9-12/h1-4,10,12-13,19H,5-9H2. The number of hydrogen-bond donors (Lipinski definition) is 1. The first-order valence-electron chi connectivity index (χ1n) is 7.51. The molecule has 2 aliphatic rings. The molecule has 2 aromatic rings. The minimum atomic E-state index is -0.346. The molecule has 5 heteroatoms. The third-order valence-corrected chi connectivity index (χ3v) is 4.28. The number of nitrogens with zero attached hydrogens (tertiary/aromatic N) is 2. The lowest BCUT2D eigenvalue weighted by Crippen LogP contribution is -2.20. The van der Waals surface area contributed by atoms with Crippen molar-refractivity contribution in [2.45, 2.75) is 37.7 Å². The van der Waals surface area contributed by atoms with Crippen LogP contribution >= 0.6 is 0 Å². The summed E-state index contributed by atoms with van der Waals surface area (Å²) in [4.78, 5) is 4.44. The van der Waals surface area contributed by atoms with Crippen molar-refractivity contribution in [1.82, 2.24) is 10.1 Å². The van der Waals surface area contributed by atoms with Crippen molar-refractivity contribution in [1.29, 1.82) is 0 Å². The highest BCUT2D eigenvalue weighted by molar-refractivity contribution is 5.36. The highest BCUT2D eigenvalue weighted by atomic mass is 16.5. The van der Waals surface area contributed by atoms with Crippen LogP contribution in [0.4, 0.5) is 0 Å². The molecule has 110 valence electrons. The van der Waals surface area contributed by atoms with Crippen LogP contribution in [0.5, 0.6) is 5.75 Å². The Morgan fingerprint density at radius 2 is 2.14 bits per heavy atom. The minimum Gasteiger partial charge on any atom is -0.493 e. The summed E-state index contributed by atoms with van der Waals surface area (Å²) in [5.41, 5.74) is 1.18. The van der Waals surface area contributed by atoms with Crippen molar-refractivity contribution >= 4 is 0 Å². The fraction of sp³-hybridized carbons (Fsp3) is 0.500. The van der Waals surface area contributed by atoms with Gasteiger partial charge < -0.3 is 14.4 Å². The van der Waals surface area contributed by atoms with Gasteiger partial charge in [-0.05, 0) is 36.8 Å². The van der Waals surface area contributed by atoms with Crippen LogP contribution in [0, 0.1) is 5.92 Å². The van der Waals surface area contributed by atoms with Crippen molar-refractivity contribution in [2.24, 2.45) is 5.92 Å². The minimum absolute atomic E-state index is 0.121. The van der Waals surface area contributed by atoms with Crippen molar-refractivity contribution in [3.63, 3.8) is 0 Å². The van der Waals surface area contributed by atoms with Crippen molar-refractivity contribution < 1.29 is 14.4 Å². The molecular formula is C16H18N2O3. The van der Waals surface area contributed by atoms with Crippen LogP contribution in [-0.2, 0) is 12.8 Å². The Morgan fingerprint density at radius 1 is 1.29 bits per heavy atom. The van der Waals surface area contributed by atoms with Crippen molar-refractivity contribution in [3.05, 3.63) is 41.5 Å². The smallest absolute Gasteiger partial charge is 0.229 e. The predicted octanol–water partition coefficient (Wildman–Crippen LogP) is 2.10. The van der Waals surface area contributed by atoms with Crippen molar-refractivity contribution in [2.75, 3.05) is 6.61 Å². The molecule has 2 heterocycles. The normalized spacial score (nSPS) is 22.4. The Kier molecular flexibility index (Phi) is 3.15. The zero-order valence-corrected chi connectivity index (χ0v) is 11.7. The van der Waals surface area contributed by atoms with Crippen LogP contribution in [0.3, 0.4) is 0 Å². The molecular weight excluding hydrogens is 268 g/mol. The number of benzene rings is 1. The van der Waals surface area contributed by atoms with Crippen LogP contribution in [0.2, 0.25) is 0 Å². The van der Waals surface area contributed by atoms with E-state index in [2.05, 4.69) is 16.2 Å². The van der Waals surface area contributed by atoms with Gasteiger partial charge in [0.1, 0.15) is 5.75 Å². The number of ether oxygens (including phenoxy) is 1. The number of aromatic nitrogens is 2. The Hall–Kier alpha value is -1.88. The molecule has 1 aliphatic carbocycles. The van der Waals surface area contributed by atoms with Gasteiger partial charge >= 0.3 is 0 Å². The number of para-hydroxylation sites is 1. The maximum atomic E-state index is 9.94. The first-order chi connectivity index (χ1) is 10.3. The highest BCUT2D eigenvalue weighted by Gasteiger charge is 2.32. The Morgan fingerprint density at radius 3 is 3.00 bits per heavy atom. The summed E-state index contributed by atoms with van der Waals surface area (Å²) >= 11 is 0. The van der Waals surface area contributed by atoms with Gasteiger partial charge in [0.2, 0.25) is 5.89 Å². The highest BCUT2D eigenvalue weighted by Crippen LogP contribution is 2.34. The predicted molar refractivity (Wildman–Crippen MR) is 75.1 cm³/mol. The molecule has 2 unspecified atom stereocenters. The van der Waals surface area contributed by atoms with Gasteiger partial charge in [0.05, 0.1) is 25.0 Å². The average Bonchev–Trinajstić information content (AvgIpc) is 3.27. The second-order valence-electron chi connectivity index (χ2n) is 5.97. The van der Waals surface area contributed by atoms with Gasteiger partial charge in [-0.2, -0.15) is 4.98 Å². The van der Waals surface area contributed by atoms with Gasteiger partial charge in [-0.15, -0.1) is 0 Å². The summed E-state index contributed by atoms with van der Waals surface area (Å²) in [5.74, 6) is 2.70. The SMILES string of the molecule is OC(Cc1nc(C2COc3ccccc3C2)no1)C1CC1. The van der Waals surface area contributed by atoms with Gasteiger partial charge in [-0.25, -0.2) is 0 Å². The van der Waals surface area contributed by atoms with Crippen LogP contribution < -0.4 is 4.74 Å². The Labute approximate surface area is 122 Å². The lowest BCUT2D eigenvalue weighted by atomic mass is 9.96. The molecule has 1 fully saturated rings. The lowest BCUT2D eigenvalue weighted by Gasteiger charge is -2.22. The molecule has 0 radical (unpaired) electrons. The molecule has 1 N–H and O–H groups in total. The summed E-state index contributed by atoms with van der Waals surface area (Å²) in [6.45, 7) is 0.571. The first-order valence-corrected chi connectivity index (χ1v) is 7.51. The fourth-order valence-corrected chi connectivity index (χ4v) is 2.84. The van der Waals surface area contributed by atoms with E-state index in [1.165, 1.54) is 5.56 Å². The van der Waals surface area contributed by atoms with Crippen LogP contribution in [-0.4, -0.2) is 28.0 Å². The summed E-state index contributed by atoms with van der Waals surface area (Å²) in [5, 5.41) is 14.0. The van der Waals surface area contributed by atoms with Gasteiger partial charge in [0.15, 0.2) is 5.82 Å². The topological polar surface area (TPSA) is 68.4 Å². The van der Waals surface area contributed by atoms with Crippen molar-refractivity contribution in [3.8, 4) is 5.75 Å². The monoisotopic (exact) mass is 286 g/mol. The van der Waals surface area contributed by atoms with E-state index in [9.17, 15) is 5.11 Å². The Balaban J connectivity index is 1.46. The lowest BCUT2D eigenvalue weighted by molar-refractivity contribution is 0.140. The second kappa shape index (κ2) is 5.15. The first kappa shape index (κ1) is 12.8. The van der Waals surface area contributed by atoms with Gasteiger partial charge in [-0.1, -0.05) is 23.4 Å². The summed E-state index contributed by atoms with van der Waals surface area (Å²) in [7, 11) is 0. The zero-order valence-electron chi connectivity index (χ0n) is 11.7. The second-order valence-corrected chi connectivity index (χ2v) is 5.97. The van der Waals surface area contributed by atoms with E-state index in [0.717, 1.165) is 25.0 Å². The van der Waals surface area contributed by atoms with Crippen LogP contribution in [0.1, 0.15) is 36.0 Å². The number of rotatable bonds is 4. The molecule has 0 saturated heterocycles. The Bertz CT molecular complexity index is 636. The quantitative estimate of drug-likeness (QED) is 0.932. The summed E-state index contributed by atoms with van der Waals surface area (Å²) < 4.78 is 11.0. The van der Waals surface area contributed by atoms with E-state index in [1.54, 1.807) is 0 Å². The number of aliphatic hydroxyl groups excluding tert-OH is 1. The van der Waals surface area contributed by atoms with Gasteiger partial charge in [0, 0.05) is 0 Å². The molecule has 0 bridgehead atoms. The molecule has 1 aromatic carbocycles. The molecule has 1 aliphatic heterocycles. The largest absolute Gasteiger partial charge is 0.493 e. The molecule has 21 heavy (non-hydrogen) atoms. The van der Waals surface area contributed by atoms with E-state index in [-0.39, 0.29) is 12.0 Å². The number of fused-ring (bicyclic) bond motifs is 1. The average molecular weight is 286 g/mol. The van der Waals surface area contributed by atoms with Gasteiger partial charge in [-0.3, -0.25) is 0 Å². The molecule has 2 atom stereocenters. The molecule has 1 saturated carbocycles. The maximum absolute atomic E-state index is 9.94. The summed E-state index contributed by atoms with van der Waals surface area (Å²) in [6, 6.07) is 8.04. The molecule has 0 spiro atoms. The van der Waals surface area contributed by atoms with E-state index in [1.807, 2.05) is 18.2 Å². The molecule has 1 aromatic heterocycles. The third-order valence-electron chi connectivity index (χ3n) is 4.28. The zero-order chi connectivity index (χ0) is 14.2. The molecule has 4 rings (SSSR count). The number of aliphatic hydroxyl groups is 1. The van der Waals surface area contributed by atoms with Crippen LogP contribution in [0.25, 0.3) is 0 Å². The number of hydrogen-bond acceptors (Lipinski definition) is 5. The van der Waals surface area contributed by atoms with Crippen LogP contribution in [0.15, 0.2) is 28.8 Å². The third kappa shape index (κ3) is 2.65. The molecule has 0 amide bonds. The maximum Gasteiger partial charge on any atom is 0.229 e. The fourth-order valence-electron chi connectivity index (χ4n) is 2.84.